The highest BCUT2D eigenvalue weighted by Crippen LogP contribution is 2.40. The summed E-state index contributed by atoms with van der Waals surface area (Å²) in [4.78, 5) is 12.0. The fraction of sp³-hybridized carbons (Fsp3) is 0.429. The molecular weight excluding hydrogens is 386 g/mol. The Morgan fingerprint density at radius 3 is 2.67 bits per heavy atom. The van der Waals surface area contributed by atoms with E-state index in [0.717, 1.165) is 7.11 Å². The van der Waals surface area contributed by atoms with Crippen molar-refractivity contribution < 1.29 is 23.9 Å². The van der Waals surface area contributed by atoms with Crippen molar-refractivity contribution in [3.05, 3.63) is 28.5 Å². The van der Waals surface area contributed by atoms with E-state index in [-0.39, 0.29) is 28.5 Å². The fourth-order valence-electron chi connectivity index (χ4n) is 2.51. The number of carbonyl (C=O) groups excluding carboxylic acids is 1. The zero-order valence-electron chi connectivity index (χ0n) is 12.6. The Labute approximate surface area is 152 Å². The molecule has 24 heavy (non-hydrogen) atoms. The zero-order valence-corrected chi connectivity index (χ0v) is 14.9. The molecule has 0 aromatic heterocycles. The van der Waals surface area contributed by atoms with E-state index in [1.165, 1.54) is 19.2 Å². The van der Waals surface area contributed by atoms with Gasteiger partial charge in [-0.05, 0) is 6.07 Å². The van der Waals surface area contributed by atoms with E-state index in [9.17, 15) is 14.4 Å². The third-order valence-electron chi connectivity index (χ3n) is 3.73. The summed E-state index contributed by atoms with van der Waals surface area (Å²) in [5, 5.41) is 15.1. The van der Waals surface area contributed by atoms with Gasteiger partial charge in [-0.25, -0.2) is 4.39 Å². The zero-order chi connectivity index (χ0) is 18.1. The SMILES string of the molecule is COC(=O)C1NC(c2ccc(Cl)c(OC)c2F)C/C(=N\O)C1(Cl)Cl. The molecular formula is C14H14Cl3FN2O4. The highest BCUT2D eigenvalue weighted by molar-refractivity contribution is 6.60. The Hall–Kier alpha value is -1.28. The number of piperidine rings is 1. The number of nitrogens with one attached hydrogen (secondary N) is 1. The topological polar surface area (TPSA) is 80.2 Å². The maximum absolute atomic E-state index is 14.6. The lowest BCUT2D eigenvalue weighted by Gasteiger charge is -2.38. The van der Waals surface area contributed by atoms with Gasteiger partial charge in [0.05, 0.1) is 25.0 Å². The van der Waals surface area contributed by atoms with Crippen LogP contribution < -0.4 is 10.1 Å². The summed E-state index contributed by atoms with van der Waals surface area (Å²) in [6.07, 6.45) is -0.0430. The molecule has 10 heteroatoms. The van der Waals surface area contributed by atoms with Crippen molar-refractivity contribution in [3.8, 4) is 5.75 Å². The van der Waals surface area contributed by atoms with Crippen LogP contribution in [0.1, 0.15) is 18.0 Å². The quantitative estimate of drug-likeness (QED) is 0.353. The van der Waals surface area contributed by atoms with Crippen molar-refractivity contribution in [2.75, 3.05) is 14.2 Å². The molecule has 2 rings (SSSR count). The maximum atomic E-state index is 14.6. The molecule has 1 fully saturated rings. The van der Waals surface area contributed by atoms with Crippen molar-refractivity contribution in [1.82, 2.24) is 5.32 Å². The van der Waals surface area contributed by atoms with Gasteiger partial charge in [-0.2, -0.15) is 0 Å². The van der Waals surface area contributed by atoms with E-state index in [2.05, 4.69) is 15.2 Å². The predicted octanol–water partition coefficient (Wildman–Crippen LogP) is 3.07. The fourth-order valence-corrected chi connectivity index (χ4v) is 3.26. The molecule has 1 saturated heterocycles. The Balaban J connectivity index is 2.48. The van der Waals surface area contributed by atoms with E-state index >= 15 is 0 Å². The highest BCUT2D eigenvalue weighted by Gasteiger charge is 2.51. The average molecular weight is 400 g/mol. The van der Waals surface area contributed by atoms with Crippen molar-refractivity contribution >= 4 is 46.5 Å². The van der Waals surface area contributed by atoms with Crippen LogP contribution in [0.4, 0.5) is 4.39 Å². The third kappa shape index (κ3) is 3.26. The molecule has 0 amide bonds. The number of ether oxygens (including phenoxy) is 2. The van der Waals surface area contributed by atoms with Crippen LogP contribution in [-0.4, -0.2) is 41.5 Å². The van der Waals surface area contributed by atoms with Crippen LogP contribution in [0.2, 0.25) is 5.02 Å². The number of benzene rings is 1. The molecule has 2 unspecified atom stereocenters. The summed E-state index contributed by atoms with van der Waals surface area (Å²) in [7, 11) is 2.43. The monoisotopic (exact) mass is 398 g/mol. The highest BCUT2D eigenvalue weighted by atomic mass is 35.5. The van der Waals surface area contributed by atoms with Crippen LogP contribution in [0.3, 0.4) is 0 Å². The summed E-state index contributed by atoms with van der Waals surface area (Å²) < 4.78 is 22.4. The van der Waals surface area contributed by atoms with Gasteiger partial charge < -0.3 is 14.7 Å². The molecule has 0 radical (unpaired) electrons. The van der Waals surface area contributed by atoms with Gasteiger partial charge in [0.15, 0.2) is 15.9 Å². The molecule has 1 aliphatic heterocycles. The summed E-state index contributed by atoms with van der Waals surface area (Å²) in [5.74, 6) is -1.63. The molecule has 2 N–H and O–H groups in total. The predicted molar refractivity (Wildman–Crippen MR) is 87.9 cm³/mol. The van der Waals surface area contributed by atoms with Crippen molar-refractivity contribution in [2.24, 2.45) is 5.16 Å². The van der Waals surface area contributed by atoms with Crippen molar-refractivity contribution in [1.29, 1.82) is 0 Å². The molecule has 1 aromatic carbocycles. The second kappa shape index (κ2) is 7.31. The minimum atomic E-state index is -1.84. The standard InChI is InChI=1S/C14H14Cl3FN2O4/c1-23-11-7(15)4-3-6(10(11)18)8-5-9(20-22)14(16,17)12(19-8)13(21)24-2/h3-4,8,12,19,22H,5H2,1-2H3/b20-9+. The minimum absolute atomic E-state index is 0.0430. The van der Waals surface area contributed by atoms with E-state index < -0.39 is 28.2 Å². The number of hydrogen-bond donors (Lipinski definition) is 2. The normalized spacial score (nSPS) is 24.7. The number of carbonyl (C=O) groups is 1. The minimum Gasteiger partial charge on any atom is -0.492 e. The lowest BCUT2D eigenvalue weighted by Crippen LogP contribution is -2.59. The third-order valence-corrected chi connectivity index (χ3v) is 4.90. The number of esters is 1. The number of hydrogen-bond acceptors (Lipinski definition) is 6. The van der Waals surface area contributed by atoms with Gasteiger partial charge >= 0.3 is 5.97 Å². The van der Waals surface area contributed by atoms with Gasteiger partial charge in [-0.1, -0.05) is 46.0 Å². The Morgan fingerprint density at radius 1 is 1.46 bits per heavy atom. The lowest BCUT2D eigenvalue weighted by atomic mass is 9.90. The maximum Gasteiger partial charge on any atom is 0.326 e. The van der Waals surface area contributed by atoms with Crippen LogP contribution in [0.15, 0.2) is 17.3 Å². The second-order valence-electron chi connectivity index (χ2n) is 5.03. The number of nitrogens with zero attached hydrogens (tertiary/aromatic N) is 1. The largest absolute Gasteiger partial charge is 0.492 e. The Bertz CT molecular complexity index is 684. The number of alkyl halides is 2. The van der Waals surface area contributed by atoms with Crippen LogP contribution in [0, 0.1) is 5.82 Å². The Kier molecular flexibility index (Phi) is 5.80. The van der Waals surface area contributed by atoms with E-state index in [0.29, 0.717) is 0 Å². The van der Waals surface area contributed by atoms with Crippen LogP contribution in [0.5, 0.6) is 5.75 Å². The van der Waals surface area contributed by atoms with E-state index in [1.807, 2.05) is 0 Å². The van der Waals surface area contributed by atoms with Gasteiger partial charge in [0.25, 0.3) is 0 Å². The first kappa shape index (κ1) is 19.1. The van der Waals surface area contributed by atoms with Crippen LogP contribution in [-0.2, 0) is 9.53 Å². The first-order chi connectivity index (χ1) is 11.3. The number of halogens is 4. The van der Waals surface area contributed by atoms with Crippen LogP contribution in [0.25, 0.3) is 0 Å². The van der Waals surface area contributed by atoms with Gasteiger partial charge in [0.2, 0.25) is 0 Å². The van der Waals surface area contributed by atoms with E-state index in [4.69, 9.17) is 39.5 Å². The molecule has 1 heterocycles. The Morgan fingerprint density at radius 2 is 2.12 bits per heavy atom. The summed E-state index contributed by atoms with van der Waals surface area (Å²) in [6, 6.07) is 0.844. The smallest absolute Gasteiger partial charge is 0.326 e. The van der Waals surface area contributed by atoms with Gasteiger partial charge in [0, 0.05) is 18.0 Å². The molecule has 6 nitrogen and oxygen atoms in total. The summed E-state index contributed by atoms with van der Waals surface area (Å²) in [5.41, 5.74) is 0.0495. The molecule has 0 bridgehead atoms. The molecule has 1 aromatic rings. The average Bonchev–Trinajstić information content (AvgIpc) is 2.54. The number of rotatable bonds is 3. The first-order valence-corrected chi connectivity index (χ1v) is 7.86. The molecule has 0 saturated carbocycles. The summed E-state index contributed by atoms with van der Waals surface area (Å²) >= 11 is 18.1. The van der Waals surface area contributed by atoms with Gasteiger partial charge in [-0.3, -0.25) is 10.1 Å². The lowest BCUT2D eigenvalue weighted by molar-refractivity contribution is -0.143. The molecule has 0 aliphatic carbocycles. The molecule has 1 aliphatic rings. The summed E-state index contributed by atoms with van der Waals surface area (Å²) in [6.45, 7) is 0. The second-order valence-corrected chi connectivity index (χ2v) is 6.83. The first-order valence-electron chi connectivity index (χ1n) is 6.72. The molecule has 0 spiro atoms. The van der Waals surface area contributed by atoms with Crippen LogP contribution >= 0.6 is 34.8 Å². The van der Waals surface area contributed by atoms with E-state index in [1.54, 1.807) is 0 Å². The van der Waals surface area contributed by atoms with Crippen molar-refractivity contribution in [3.63, 3.8) is 0 Å². The van der Waals surface area contributed by atoms with Gasteiger partial charge in [-0.15, -0.1) is 0 Å². The van der Waals surface area contributed by atoms with Gasteiger partial charge in [0.1, 0.15) is 6.04 Å². The molecule has 2 atom stereocenters. The molecule has 132 valence electrons. The number of methoxy groups -OCH3 is 2. The number of oxime groups is 1. The van der Waals surface area contributed by atoms with Crippen molar-refractivity contribution in [2.45, 2.75) is 22.8 Å².